The van der Waals surface area contributed by atoms with Crippen LogP contribution < -0.4 is 5.32 Å². The normalized spacial score (nSPS) is 21.8. The fourth-order valence-corrected chi connectivity index (χ4v) is 2.60. The van der Waals surface area contributed by atoms with Crippen molar-refractivity contribution >= 4 is 11.8 Å². The second-order valence-corrected chi connectivity index (χ2v) is 5.35. The second-order valence-electron chi connectivity index (χ2n) is 5.35. The summed E-state index contributed by atoms with van der Waals surface area (Å²) in [5.41, 5.74) is -0.209. The highest BCUT2D eigenvalue weighted by atomic mass is 19.4. The molecule has 2 amide bonds. The van der Waals surface area contributed by atoms with Gasteiger partial charge in [0.05, 0.1) is 0 Å². The SMILES string of the molecule is CC(=O)N1C[C@@H](NC(=O)c2ncccc2O)CC[C@H]1C(F)(F)F. The lowest BCUT2D eigenvalue weighted by molar-refractivity contribution is -0.196. The molecule has 2 atom stereocenters. The lowest BCUT2D eigenvalue weighted by Gasteiger charge is -2.40. The van der Waals surface area contributed by atoms with Crippen LogP contribution in [0.4, 0.5) is 13.2 Å². The van der Waals surface area contributed by atoms with Gasteiger partial charge in [-0.05, 0) is 25.0 Å². The summed E-state index contributed by atoms with van der Waals surface area (Å²) >= 11 is 0. The number of amides is 2. The molecule has 0 aromatic carbocycles. The summed E-state index contributed by atoms with van der Waals surface area (Å²) in [4.78, 5) is 27.9. The van der Waals surface area contributed by atoms with Crippen LogP contribution >= 0.6 is 0 Å². The number of aromatic nitrogens is 1. The van der Waals surface area contributed by atoms with Crippen molar-refractivity contribution in [3.63, 3.8) is 0 Å². The van der Waals surface area contributed by atoms with Gasteiger partial charge in [-0.15, -0.1) is 0 Å². The van der Waals surface area contributed by atoms with E-state index < -0.39 is 30.1 Å². The highest BCUT2D eigenvalue weighted by molar-refractivity contribution is 5.95. The number of likely N-dealkylation sites (tertiary alicyclic amines) is 1. The average molecular weight is 331 g/mol. The van der Waals surface area contributed by atoms with Gasteiger partial charge in [-0.2, -0.15) is 13.2 Å². The Morgan fingerprint density at radius 3 is 2.65 bits per heavy atom. The molecule has 2 rings (SSSR count). The van der Waals surface area contributed by atoms with Gasteiger partial charge in [-0.1, -0.05) is 0 Å². The van der Waals surface area contributed by atoms with E-state index in [1.807, 2.05) is 0 Å². The van der Waals surface area contributed by atoms with Crippen LogP contribution in [0, 0.1) is 0 Å². The first-order valence-electron chi connectivity index (χ1n) is 6.99. The molecule has 1 saturated heterocycles. The monoisotopic (exact) mass is 331 g/mol. The van der Waals surface area contributed by atoms with Gasteiger partial charge in [0.1, 0.15) is 11.8 Å². The topological polar surface area (TPSA) is 82.5 Å². The van der Waals surface area contributed by atoms with Crippen molar-refractivity contribution in [1.82, 2.24) is 15.2 Å². The van der Waals surface area contributed by atoms with E-state index in [2.05, 4.69) is 10.3 Å². The first-order chi connectivity index (χ1) is 10.7. The van der Waals surface area contributed by atoms with Crippen LogP contribution in [-0.2, 0) is 4.79 Å². The van der Waals surface area contributed by atoms with E-state index in [1.54, 1.807) is 0 Å². The molecule has 0 unspecified atom stereocenters. The Bertz CT molecular complexity index is 606. The van der Waals surface area contributed by atoms with Crippen molar-refractivity contribution in [1.29, 1.82) is 0 Å². The molecule has 126 valence electrons. The van der Waals surface area contributed by atoms with Gasteiger partial charge in [0, 0.05) is 25.7 Å². The molecule has 0 bridgehead atoms. The summed E-state index contributed by atoms with van der Waals surface area (Å²) in [5.74, 6) is -1.72. The third kappa shape index (κ3) is 3.91. The van der Waals surface area contributed by atoms with Crippen LogP contribution in [-0.4, -0.2) is 51.6 Å². The van der Waals surface area contributed by atoms with Crippen LogP contribution in [0.15, 0.2) is 18.3 Å². The Morgan fingerprint density at radius 1 is 1.39 bits per heavy atom. The van der Waals surface area contributed by atoms with Crippen LogP contribution in [0.2, 0.25) is 0 Å². The van der Waals surface area contributed by atoms with E-state index in [0.29, 0.717) is 4.90 Å². The minimum absolute atomic E-state index is 0.0767. The molecule has 1 aromatic rings. The first kappa shape index (κ1) is 17.0. The summed E-state index contributed by atoms with van der Waals surface area (Å²) in [7, 11) is 0. The molecule has 1 aliphatic rings. The zero-order valence-electron chi connectivity index (χ0n) is 12.3. The number of piperidine rings is 1. The summed E-state index contributed by atoms with van der Waals surface area (Å²) < 4.78 is 38.8. The number of hydrogen-bond donors (Lipinski definition) is 2. The maximum absolute atomic E-state index is 12.9. The number of rotatable bonds is 2. The molecule has 0 aliphatic carbocycles. The number of halogens is 3. The number of pyridine rings is 1. The summed E-state index contributed by atoms with van der Waals surface area (Å²) in [6.07, 6.45) is -3.40. The van der Waals surface area contributed by atoms with Crippen LogP contribution in [0.25, 0.3) is 0 Å². The van der Waals surface area contributed by atoms with Gasteiger partial charge in [0.25, 0.3) is 5.91 Å². The second kappa shape index (κ2) is 6.43. The molecule has 9 heteroatoms. The summed E-state index contributed by atoms with van der Waals surface area (Å²) in [6, 6.07) is 0.255. The van der Waals surface area contributed by atoms with Crippen molar-refractivity contribution in [2.75, 3.05) is 6.54 Å². The average Bonchev–Trinajstić information content (AvgIpc) is 2.46. The van der Waals surface area contributed by atoms with E-state index in [4.69, 9.17) is 0 Å². The molecule has 1 aliphatic heterocycles. The fourth-order valence-electron chi connectivity index (χ4n) is 2.60. The fraction of sp³-hybridized carbons (Fsp3) is 0.500. The molecule has 1 aromatic heterocycles. The molecule has 23 heavy (non-hydrogen) atoms. The predicted octanol–water partition coefficient (Wildman–Crippen LogP) is 1.46. The Balaban J connectivity index is 2.07. The van der Waals surface area contributed by atoms with Crippen molar-refractivity contribution < 1.29 is 27.9 Å². The zero-order valence-corrected chi connectivity index (χ0v) is 12.3. The third-order valence-electron chi connectivity index (χ3n) is 3.70. The van der Waals surface area contributed by atoms with E-state index in [-0.39, 0.29) is 30.8 Å². The molecular formula is C14H16F3N3O3. The Morgan fingerprint density at radius 2 is 2.09 bits per heavy atom. The zero-order chi connectivity index (χ0) is 17.2. The predicted molar refractivity (Wildman–Crippen MR) is 73.6 cm³/mol. The molecule has 2 N–H and O–H groups in total. The Labute approximate surface area is 130 Å². The van der Waals surface area contributed by atoms with Crippen LogP contribution in [0.5, 0.6) is 5.75 Å². The quantitative estimate of drug-likeness (QED) is 0.859. The number of aromatic hydroxyl groups is 1. The van der Waals surface area contributed by atoms with Crippen molar-refractivity contribution in [2.45, 2.75) is 38.0 Å². The minimum atomic E-state index is -4.50. The maximum atomic E-state index is 12.9. The molecule has 0 spiro atoms. The number of carbonyl (C=O) groups excluding carboxylic acids is 2. The third-order valence-corrected chi connectivity index (χ3v) is 3.70. The number of hydrogen-bond acceptors (Lipinski definition) is 4. The molecular weight excluding hydrogens is 315 g/mol. The van der Waals surface area contributed by atoms with E-state index >= 15 is 0 Å². The van der Waals surface area contributed by atoms with Gasteiger partial charge in [-0.25, -0.2) is 4.98 Å². The van der Waals surface area contributed by atoms with Crippen LogP contribution in [0.1, 0.15) is 30.3 Å². The molecule has 2 heterocycles. The van der Waals surface area contributed by atoms with Crippen LogP contribution in [0.3, 0.4) is 0 Å². The van der Waals surface area contributed by atoms with Gasteiger partial charge >= 0.3 is 6.18 Å². The first-order valence-corrected chi connectivity index (χ1v) is 6.99. The van der Waals surface area contributed by atoms with Crippen molar-refractivity contribution in [2.24, 2.45) is 0 Å². The van der Waals surface area contributed by atoms with Gasteiger partial charge in [0.15, 0.2) is 5.69 Å². The molecule has 0 radical (unpaired) electrons. The summed E-state index contributed by atoms with van der Waals surface area (Å²) in [5, 5.41) is 12.1. The standard InChI is InChI=1S/C14H16F3N3O3/c1-8(21)20-7-9(4-5-11(20)14(15,16)17)19-13(23)12-10(22)3-2-6-18-12/h2-3,6,9,11,22H,4-5,7H2,1H3,(H,19,23)/t9-,11-/m0/s1. The Kier molecular flexibility index (Phi) is 4.76. The molecule has 6 nitrogen and oxygen atoms in total. The molecule has 1 fully saturated rings. The lowest BCUT2D eigenvalue weighted by atomic mass is 9.97. The molecule has 0 saturated carbocycles. The van der Waals surface area contributed by atoms with E-state index in [0.717, 1.165) is 6.92 Å². The van der Waals surface area contributed by atoms with E-state index in [9.17, 15) is 27.9 Å². The van der Waals surface area contributed by atoms with Gasteiger partial charge in [-0.3, -0.25) is 9.59 Å². The number of nitrogens with zero attached hydrogens (tertiary/aromatic N) is 2. The lowest BCUT2D eigenvalue weighted by Crippen LogP contribution is -2.57. The minimum Gasteiger partial charge on any atom is -0.505 e. The highest BCUT2D eigenvalue weighted by Crippen LogP contribution is 2.32. The van der Waals surface area contributed by atoms with E-state index in [1.165, 1.54) is 18.3 Å². The Hall–Kier alpha value is -2.32. The van der Waals surface area contributed by atoms with Gasteiger partial charge in [0.2, 0.25) is 5.91 Å². The number of alkyl halides is 3. The summed E-state index contributed by atoms with van der Waals surface area (Å²) in [6.45, 7) is 0.826. The van der Waals surface area contributed by atoms with Crippen molar-refractivity contribution in [3.8, 4) is 5.75 Å². The maximum Gasteiger partial charge on any atom is 0.408 e. The smallest absolute Gasteiger partial charge is 0.408 e. The highest BCUT2D eigenvalue weighted by Gasteiger charge is 2.47. The van der Waals surface area contributed by atoms with Gasteiger partial charge < -0.3 is 15.3 Å². The largest absolute Gasteiger partial charge is 0.505 e. The number of nitrogens with one attached hydrogen (secondary N) is 1. The van der Waals surface area contributed by atoms with Crippen molar-refractivity contribution in [3.05, 3.63) is 24.0 Å². The number of carbonyl (C=O) groups is 2.